The molecular formula is C52H46F6N6O7. The highest BCUT2D eigenvalue weighted by atomic mass is 19.4. The minimum Gasteiger partial charge on any atom is -0.478 e. The summed E-state index contributed by atoms with van der Waals surface area (Å²) in [7, 11) is 2.67. The summed E-state index contributed by atoms with van der Waals surface area (Å²) in [6.45, 7) is 3.72. The van der Waals surface area contributed by atoms with Crippen LogP contribution < -0.4 is 11.1 Å². The van der Waals surface area contributed by atoms with Crippen molar-refractivity contribution in [2.45, 2.75) is 51.1 Å². The van der Waals surface area contributed by atoms with Crippen LogP contribution in [0.3, 0.4) is 0 Å². The number of benzene rings is 4. The first-order valence-corrected chi connectivity index (χ1v) is 21.6. The number of alkyl halides is 6. The zero-order valence-electron chi connectivity index (χ0n) is 38.5. The van der Waals surface area contributed by atoms with Gasteiger partial charge in [0, 0.05) is 18.4 Å². The van der Waals surface area contributed by atoms with E-state index in [1.807, 2.05) is 32.0 Å². The summed E-state index contributed by atoms with van der Waals surface area (Å²) in [5, 5.41) is 20.4. The van der Waals surface area contributed by atoms with Gasteiger partial charge in [0.15, 0.2) is 0 Å². The van der Waals surface area contributed by atoms with Gasteiger partial charge in [0.25, 0.3) is 5.91 Å². The predicted molar refractivity (Wildman–Crippen MR) is 250 cm³/mol. The van der Waals surface area contributed by atoms with Crippen LogP contribution in [0.2, 0.25) is 0 Å². The lowest BCUT2D eigenvalue weighted by Crippen LogP contribution is -2.26. The third kappa shape index (κ3) is 13.1. The van der Waals surface area contributed by atoms with Gasteiger partial charge in [0.1, 0.15) is 5.56 Å². The number of halogens is 6. The third-order valence-corrected chi connectivity index (χ3v) is 11.1. The van der Waals surface area contributed by atoms with E-state index in [4.69, 9.17) is 10.5 Å². The molecule has 1 amide bonds. The lowest BCUT2D eigenvalue weighted by atomic mass is 10.0. The van der Waals surface area contributed by atoms with Crippen LogP contribution in [0.25, 0.3) is 11.0 Å². The maximum atomic E-state index is 13.1. The van der Waals surface area contributed by atoms with Gasteiger partial charge in [-0.2, -0.15) is 36.5 Å². The van der Waals surface area contributed by atoms with Gasteiger partial charge < -0.3 is 25.6 Å². The number of esters is 2. The molecule has 0 spiro atoms. The monoisotopic (exact) mass is 980 g/mol. The van der Waals surface area contributed by atoms with Gasteiger partial charge in [0.05, 0.1) is 71.5 Å². The van der Waals surface area contributed by atoms with Crippen molar-refractivity contribution in [3.8, 4) is 0 Å². The van der Waals surface area contributed by atoms with Gasteiger partial charge in [0.2, 0.25) is 0 Å². The van der Waals surface area contributed by atoms with Crippen LogP contribution in [-0.2, 0) is 34.7 Å². The number of pyridine rings is 2. The van der Waals surface area contributed by atoms with Gasteiger partial charge in [-0.1, -0.05) is 60.7 Å². The second-order valence-electron chi connectivity index (χ2n) is 16.0. The third-order valence-electron chi connectivity index (χ3n) is 11.1. The van der Waals surface area contributed by atoms with E-state index in [1.54, 1.807) is 71.5 Å². The summed E-state index contributed by atoms with van der Waals surface area (Å²) in [6.07, 6.45) is -2.07. The van der Waals surface area contributed by atoms with Crippen LogP contribution in [0, 0.1) is 0 Å². The van der Waals surface area contributed by atoms with Crippen molar-refractivity contribution in [1.29, 1.82) is 0 Å². The Bertz CT molecular complexity index is 3130. The Hall–Kier alpha value is -8.32. The van der Waals surface area contributed by atoms with Crippen molar-refractivity contribution < 1.29 is 60.1 Å². The number of amides is 1. The summed E-state index contributed by atoms with van der Waals surface area (Å²) < 4.78 is 88.6. The largest absolute Gasteiger partial charge is 0.478 e. The molecule has 0 radical (unpaired) electrons. The second kappa shape index (κ2) is 22.4. The predicted octanol–water partition coefficient (Wildman–Crippen LogP) is 10.4. The van der Waals surface area contributed by atoms with Crippen LogP contribution in [0.4, 0.5) is 26.3 Å². The molecule has 13 nitrogen and oxygen atoms in total. The first kappa shape index (κ1) is 52.1. The van der Waals surface area contributed by atoms with Crippen LogP contribution in [-0.4, -0.2) is 62.4 Å². The molecule has 0 bridgehead atoms. The first-order chi connectivity index (χ1) is 33.7. The van der Waals surface area contributed by atoms with E-state index >= 15 is 0 Å². The quantitative estimate of drug-likeness (QED) is 0.0834. The summed E-state index contributed by atoms with van der Waals surface area (Å²) in [5.41, 5.74) is 11.2. The Morgan fingerprint density at radius 1 is 0.606 bits per heavy atom. The molecular weight excluding hydrogens is 935 g/mol. The SMILES string of the molecule is COC(=O)c1ccc([C@@H](C)N)cc1.COC(=O)c1ccc([C@@H](C)NC(=O)c2cnn3cccc(Cc4ccc(C(F)(F)F)cc4)c23)cc1.O=C(O)c1cnn2cccc(Cc3ccc(C(F)(F)F)cc3)c12. The van der Waals surface area contributed by atoms with E-state index in [2.05, 4.69) is 20.3 Å². The number of aromatic carboxylic acids is 1. The molecule has 4 aromatic carbocycles. The molecule has 8 rings (SSSR count). The molecule has 19 heteroatoms. The highest BCUT2D eigenvalue weighted by Crippen LogP contribution is 2.31. The van der Waals surface area contributed by atoms with Crippen molar-refractivity contribution in [2.75, 3.05) is 14.2 Å². The van der Waals surface area contributed by atoms with E-state index in [9.17, 15) is 50.6 Å². The van der Waals surface area contributed by atoms with Crippen molar-refractivity contribution in [3.63, 3.8) is 0 Å². The van der Waals surface area contributed by atoms with E-state index in [0.29, 0.717) is 57.3 Å². The number of carboxylic acid groups (broad SMARTS) is 1. The van der Waals surface area contributed by atoms with Gasteiger partial charge >= 0.3 is 30.3 Å². The fraction of sp³-hybridized carbons (Fsp3) is 0.192. The molecule has 4 aromatic heterocycles. The van der Waals surface area contributed by atoms with Crippen molar-refractivity contribution in [1.82, 2.24) is 24.5 Å². The summed E-state index contributed by atoms with van der Waals surface area (Å²) in [4.78, 5) is 47.0. The lowest BCUT2D eigenvalue weighted by Gasteiger charge is -2.15. The second-order valence-corrected chi connectivity index (χ2v) is 16.0. The number of carbonyl (C=O) groups is 4. The number of ether oxygens (including phenoxy) is 2. The standard InChI is InChI=1S/C26H22F3N3O3.C16H11F3N2O2.C10H13NO2/c1-16(18-7-9-19(10-8-18)25(34)35-2)31-24(33)22-15-30-32-13-3-4-20(23(22)32)14-17-5-11-21(12-6-17)26(27,28)29;17-16(18,19)12-5-3-10(4-6-12)8-11-2-1-7-21-14(11)13(9-20-21)15(22)23;1-7(11)8-3-5-9(6-4-8)10(12)13-2/h3-13,15-16H,14H2,1-2H3,(H,31,33);1-7,9H,8H2,(H,22,23);3-7H,11H2,1-2H3/t16-;;7-/m1.1/s1. The molecule has 0 aliphatic carbocycles. The van der Waals surface area contributed by atoms with Crippen LogP contribution in [0.1, 0.15) is 112 Å². The van der Waals surface area contributed by atoms with Gasteiger partial charge in [-0.25, -0.2) is 23.4 Å². The Morgan fingerprint density at radius 2 is 1.00 bits per heavy atom. The average molecular weight is 981 g/mol. The fourth-order valence-corrected chi connectivity index (χ4v) is 7.33. The zero-order valence-corrected chi connectivity index (χ0v) is 38.5. The highest BCUT2D eigenvalue weighted by molar-refractivity contribution is 6.01. The molecule has 8 aromatic rings. The zero-order chi connectivity index (χ0) is 51.6. The molecule has 0 aliphatic heterocycles. The van der Waals surface area contributed by atoms with Crippen molar-refractivity contribution in [3.05, 3.63) is 213 Å². The number of carbonyl (C=O) groups excluding carboxylic acids is 3. The number of hydrogen-bond acceptors (Lipinski definition) is 9. The Kier molecular flexibility index (Phi) is 16.4. The minimum absolute atomic E-state index is 0.00769. The molecule has 71 heavy (non-hydrogen) atoms. The van der Waals surface area contributed by atoms with E-state index in [1.165, 1.54) is 55.4 Å². The number of carboxylic acids is 1. The smallest absolute Gasteiger partial charge is 0.416 e. The minimum atomic E-state index is -4.40. The Labute approximate surface area is 402 Å². The number of nitrogens with one attached hydrogen (secondary N) is 1. The summed E-state index contributed by atoms with van der Waals surface area (Å²) in [6, 6.07) is 30.3. The molecule has 0 saturated heterocycles. The number of methoxy groups -OCH3 is 2. The number of nitrogens with zero attached hydrogens (tertiary/aromatic N) is 4. The molecule has 368 valence electrons. The number of rotatable bonds is 11. The van der Waals surface area contributed by atoms with Crippen LogP contribution >= 0.6 is 0 Å². The first-order valence-electron chi connectivity index (χ1n) is 21.6. The van der Waals surface area contributed by atoms with Gasteiger partial charge in [-0.05, 0) is 121 Å². The van der Waals surface area contributed by atoms with Crippen LogP contribution in [0.5, 0.6) is 0 Å². The number of aromatic nitrogens is 4. The van der Waals surface area contributed by atoms with Crippen LogP contribution in [0.15, 0.2) is 146 Å². The van der Waals surface area contributed by atoms with Gasteiger partial charge in [-0.15, -0.1) is 0 Å². The number of hydrogen-bond donors (Lipinski definition) is 3. The molecule has 4 N–H and O–H groups in total. The molecule has 0 fully saturated rings. The number of fused-ring (bicyclic) bond motifs is 2. The normalized spacial score (nSPS) is 12.2. The number of nitrogens with two attached hydrogens (primary N) is 1. The van der Waals surface area contributed by atoms with E-state index in [0.717, 1.165) is 41.0 Å². The molecule has 0 saturated carbocycles. The summed E-state index contributed by atoms with van der Waals surface area (Å²) in [5.74, 6) is -2.21. The Morgan fingerprint density at radius 3 is 1.38 bits per heavy atom. The van der Waals surface area contributed by atoms with E-state index in [-0.39, 0.29) is 29.5 Å². The maximum Gasteiger partial charge on any atom is 0.416 e. The van der Waals surface area contributed by atoms with Crippen molar-refractivity contribution in [2.24, 2.45) is 5.73 Å². The molecule has 2 atom stereocenters. The molecule has 4 heterocycles. The maximum absolute atomic E-state index is 13.1. The van der Waals surface area contributed by atoms with E-state index < -0.39 is 35.4 Å². The lowest BCUT2D eigenvalue weighted by molar-refractivity contribution is -0.138. The topological polar surface area (TPSA) is 180 Å². The molecule has 0 unspecified atom stereocenters. The summed E-state index contributed by atoms with van der Waals surface area (Å²) >= 11 is 0. The highest BCUT2D eigenvalue weighted by Gasteiger charge is 2.31. The fourth-order valence-electron chi connectivity index (χ4n) is 7.33. The van der Waals surface area contributed by atoms with Crippen molar-refractivity contribution >= 4 is 34.8 Å². The van der Waals surface area contributed by atoms with Gasteiger partial charge in [-0.3, -0.25) is 4.79 Å². The average Bonchev–Trinajstić information content (AvgIpc) is 4.01. The molecule has 0 aliphatic rings. The Balaban J connectivity index is 0.000000195.